The van der Waals surface area contributed by atoms with Gasteiger partial charge in [-0.3, -0.25) is 0 Å². The molecule has 3 aromatic carbocycles. The van der Waals surface area contributed by atoms with E-state index in [9.17, 15) is 9.18 Å². The Labute approximate surface area is 204 Å². The number of methoxy groups -OCH3 is 1. The summed E-state index contributed by atoms with van der Waals surface area (Å²) < 4.78 is 20.6. The predicted molar refractivity (Wildman–Crippen MR) is 135 cm³/mol. The number of aromatic nitrogens is 1. The van der Waals surface area contributed by atoms with Crippen LogP contribution in [0.1, 0.15) is 39.7 Å². The highest BCUT2D eigenvalue weighted by Gasteiger charge is 2.17. The van der Waals surface area contributed by atoms with Crippen molar-refractivity contribution in [3.8, 4) is 16.9 Å². The van der Waals surface area contributed by atoms with Crippen molar-refractivity contribution in [3.63, 3.8) is 0 Å². The van der Waals surface area contributed by atoms with Crippen molar-refractivity contribution < 1.29 is 18.8 Å². The molecule has 0 amide bonds. The number of benzene rings is 3. The van der Waals surface area contributed by atoms with Crippen LogP contribution in [0.5, 0.6) is 0 Å². The quantitative estimate of drug-likeness (QED) is 0.173. The van der Waals surface area contributed by atoms with Crippen molar-refractivity contribution in [2.75, 3.05) is 7.11 Å². The van der Waals surface area contributed by atoms with Gasteiger partial charge >= 0.3 is 5.97 Å². The van der Waals surface area contributed by atoms with Crippen molar-refractivity contribution in [2.45, 2.75) is 27.4 Å². The van der Waals surface area contributed by atoms with E-state index >= 15 is 0 Å². The van der Waals surface area contributed by atoms with E-state index in [4.69, 9.17) is 9.57 Å². The Kier molecular flexibility index (Phi) is 7.11. The average molecular weight is 471 g/mol. The first-order valence-corrected chi connectivity index (χ1v) is 11.3. The molecule has 1 heterocycles. The minimum absolute atomic E-state index is 0.130. The monoisotopic (exact) mass is 470 g/mol. The summed E-state index contributed by atoms with van der Waals surface area (Å²) in [6, 6.07) is 23.9. The topological polar surface area (TPSA) is 52.8 Å². The molecule has 0 radical (unpaired) electrons. The van der Waals surface area contributed by atoms with Gasteiger partial charge in [-0.25, -0.2) is 9.18 Å². The first kappa shape index (κ1) is 24.0. The molecule has 4 aromatic rings. The second-order valence-corrected chi connectivity index (χ2v) is 8.31. The zero-order valence-electron chi connectivity index (χ0n) is 20.2. The Balaban J connectivity index is 1.69. The summed E-state index contributed by atoms with van der Waals surface area (Å²) >= 11 is 0. The molecule has 1 aromatic heterocycles. The summed E-state index contributed by atoms with van der Waals surface area (Å²) in [6.45, 7) is 6.08. The number of ether oxygens (including phenoxy) is 1. The SMILES string of the molecule is COC(=O)c1ccccc1CO/N=C(/C)c1cc(-c2ccc(F)cc2)n(-c2ccc(C)cc2)c1C. The summed E-state index contributed by atoms with van der Waals surface area (Å²) in [5, 5.41) is 4.34. The number of hydrogen-bond donors (Lipinski definition) is 0. The largest absolute Gasteiger partial charge is 0.465 e. The third kappa shape index (κ3) is 5.17. The number of carbonyl (C=O) groups excluding carboxylic acids is 1. The van der Waals surface area contributed by atoms with Gasteiger partial charge in [-0.1, -0.05) is 41.1 Å². The highest BCUT2D eigenvalue weighted by molar-refractivity contribution is 6.01. The van der Waals surface area contributed by atoms with Crippen LogP contribution in [-0.4, -0.2) is 23.4 Å². The van der Waals surface area contributed by atoms with E-state index < -0.39 is 5.97 Å². The number of hydrogen-bond acceptors (Lipinski definition) is 4. The second kappa shape index (κ2) is 10.4. The van der Waals surface area contributed by atoms with Gasteiger partial charge in [-0.15, -0.1) is 0 Å². The number of rotatable bonds is 7. The smallest absolute Gasteiger partial charge is 0.338 e. The van der Waals surface area contributed by atoms with Crippen molar-refractivity contribution in [1.29, 1.82) is 0 Å². The minimum atomic E-state index is -0.417. The normalized spacial score (nSPS) is 11.4. The van der Waals surface area contributed by atoms with Crippen LogP contribution in [0, 0.1) is 19.7 Å². The lowest BCUT2D eigenvalue weighted by Crippen LogP contribution is -2.06. The molecule has 6 heteroatoms. The first-order valence-electron chi connectivity index (χ1n) is 11.3. The Morgan fingerprint density at radius 3 is 2.31 bits per heavy atom. The van der Waals surface area contributed by atoms with Gasteiger partial charge in [0.25, 0.3) is 0 Å². The fourth-order valence-corrected chi connectivity index (χ4v) is 4.04. The van der Waals surface area contributed by atoms with E-state index in [1.54, 1.807) is 24.3 Å². The van der Waals surface area contributed by atoms with Crippen LogP contribution in [0.3, 0.4) is 0 Å². The van der Waals surface area contributed by atoms with Crippen molar-refractivity contribution in [1.82, 2.24) is 4.57 Å². The van der Waals surface area contributed by atoms with E-state index in [-0.39, 0.29) is 12.4 Å². The van der Waals surface area contributed by atoms with Gasteiger partial charge in [0.1, 0.15) is 12.4 Å². The molecule has 5 nitrogen and oxygen atoms in total. The molecule has 0 unspecified atom stereocenters. The van der Waals surface area contributed by atoms with Crippen LogP contribution in [-0.2, 0) is 16.2 Å². The molecule has 0 atom stereocenters. The van der Waals surface area contributed by atoms with Crippen LogP contribution in [0.4, 0.5) is 4.39 Å². The Hall–Kier alpha value is -4.19. The second-order valence-electron chi connectivity index (χ2n) is 8.31. The molecule has 0 saturated carbocycles. The van der Waals surface area contributed by atoms with E-state index in [2.05, 4.69) is 34.0 Å². The molecule has 0 aliphatic rings. The third-order valence-electron chi connectivity index (χ3n) is 5.91. The lowest BCUT2D eigenvalue weighted by Gasteiger charge is -2.13. The molecule has 35 heavy (non-hydrogen) atoms. The molecule has 0 fully saturated rings. The summed E-state index contributed by atoms with van der Waals surface area (Å²) in [7, 11) is 1.35. The van der Waals surface area contributed by atoms with Crippen molar-refractivity contribution >= 4 is 11.7 Å². The highest BCUT2D eigenvalue weighted by atomic mass is 19.1. The Morgan fingerprint density at radius 1 is 0.943 bits per heavy atom. The number of carbonyl (C=O) groups is 1. The third-order valence-corrected chi connectivity index (χ3v) is 5.91. The van der Waals surface area contributed by atoms with E-state index in [1.165, 1.54) is 24.8 Å². The van der Waals surface area contributed by atoms with E-state index in [0.29, 0.717) is 16.8 Å². The predicted octanol–water partition coefficient (Wildman–Crippen LogP) is 6.63. The maximum atomic E-state index is 13.6. The van der Waals surface area contributed by atoms with E-state index in [0.717, 1.165) is 28.2 Å². The van der Waals surface area contributed by atoms with Gasteiger partial charge in [0, 0.05) is 22.5 Å². The van der Waals surface area contributed by atoms with Crippen molar-refractivity contribution in [3.05, 3.63) is 113 Å². The standard InChI is InChI=1S/C29H27FN2O3/c1-19-9-15-25(16-10-19)32-21(3)27(17-28(32)22-11-13-24(30)14-12-22)20(2)31-35-18-23-7-5-6-8-26(23)29(33)34-4/h5-17H,18H2,1-4H3/b31-20-. The number of nitrogens with zero attached hydrogens (tertiary/aromatic N) is 2. The lowest BCUT2D eigenvalue weighted by molar-refractivity contribution is 0.0593. The Bertz CT molecular complexity index is 1370. The fraction of sp³-hybridized carbons (Fsp3) is 0.172. The molecule has 4 rings (SSSR count). The molecule has 0 aliphatic carbocycles. The van der Waals surface area contributed by atoms with Gasteiger partial charge in [0.15, 0.2) is 0 Å². The average Bonchev–Trinajstić information content (AvgIpc) is 3.21. The molecule has 0 N–H and O–H groups in total. The molecule has 0 aliphatic heterocycles. The molecular formula is C29H27FN2O3. The van der Waals surface area contributed by atoms with Gasteiger partial charge in [-0.2, -0.15) is 0 Å². The van der Waals surface area contributed by atoms with Gasteiger partial charge in [0.2, 0.25) is 0 Å². The number of aryl methyl sites for hydroxylation is 1. The Morgan fingerprint density at radius 2 is 1.63 bits per heavy atom. The van der Waals surface area contributed by atoms with Crippen LogP contribution in [0.25, 0.3) is 16.9 Å². The zero-order chi connectivity index (χ0) is 24.9. The first-order chi connectivity index (χ1) is 16.9. The van der Waals surface area contributed by atoms with Gasteiger partial charge in [0.05, 0.1) is 24.1 Å². The number of oxime groups is 1. The minimum Gasteiger partial charge on any atom is -0.465 e. The summed E-state index contributed by atoms with van der Waals surface area (Å²) in [5.41, 5.74) is 7.69. The van der Waals surface area contributed by atoms with Gasteiger partial charge < -0.3 is 14.1 Å². The number of halogens is 1. The zero-order valence-corrected chi connectivity index (χ0v) is 20.2. The van der Waals surface area contributed by atoms with Crippen molar-refractivity contribution in [2.24, 2.45) is 5.16 Å². The highest BCUT2D eigenvalue weighted by Crippen LogP contribution is 2.30. The maximum Gasteiger partial charge on any atom is 0.338 e. The molecular weight excluding hydrogens is 443 g/mol. The maximum absolute atomic E-state index is 13.6. The van der Waals surface area contributed by atoms with Crippen LogP contribution < -0.4 is 0 Å². The number of esters is 1. The lowest BCUT2D eigenvalue weighted by atomic mass is 10.1. The van der Waals surface area contributed by atoms with Crippen LogP contribution in [0.15, 0.2) is 84.0 Å². The molecule has 0 bridgehead atoms. The molecule has 0 saturated heterocycles. The molecule has 178 valence electrons. The summed E-state index contributed by atoms with van der Waals surface area (Å²) in [6.07, 6.45) is 0. The van der Waals surface area contributed by atoms with Crippen LogP contribution in [0.2, 0.25) is 0 Å². The van der Waals surface area contributed by atoms with E-state index in [1.807, 2.05) is 39.0 Å². The molecule has 0 spiro atoms. The fourth-order valence-electron chi connectivity index (χ4n) is 4.04. The summed E-state index contributed by atoms with van der Waals surface area (Å²) in [4.78, 5) is 17.6. The van der Waals surface area contributed by atoms with Crippen LogP contribution >= 0.6 is 0 Å². The van der Waals surface area contributed by atoms with Gasteiger partial charge in [-0.05, 0) is 74.9 Å². The summed E-state index contributed by atoms with van der Waals surface area (Å²) in [5.74, 6) is -0.697.